The molecule has 2 aliphatic carbocycles. The quantitative estimate of drug-likeness (QED) is 0.127. The predicted octanol–water partition coefficient (Wildman–Crippen LogP) is 12.7. The smallest absolute Gasteiger partial charge is 0.158 e. The van der Waals surface area contributed by atoms with Crippen LogP contribution < -0.4 is 9.47 Å². The van der Waals surface area contributed by atoms with E-state index in [2.05, 4.69) is 76.2 Å². The Kier molecular flexibility index (Phi) is 6.80. The molecule has 2 aromatic carbocycles. The van der Waals surface area contributed by atoms with Gasteiger partial charge in [0.1, 0.15) is 11.2 Å². The molecule has 6 heterocycles. The van der Waals surface area contributed by atoms with E-state index >= 15 is 0 Å². The minimum Gasteiger partial charge on any atom is -0.480 e. The number of hydrogen-bond acceptors (Lipinski definition) is 10. The Morgan fingerprint density at radius 1 is 0.500 bits per heavy atom. The molecule has 0 amide bonds. The molecule has 0 atom stereocenters. The minimum atomic E-state index is -0.517. The number of thiocarbonyl (C=S) groups is 4. The summed E-state index contributed by atoms with van der Waals surface area (Å²) in [5.74, 6) is 1.90. The summed E-state index contributed by atoms with van der Waals surface area (Å²) in [6.45, 7) is 8.62. The van der Waals surface area contributed by atoms with Gasteiger partial charge in [-0.2, -0.15) is 0 Å². The number of rotatable bonds is 2. The third kappa shape index (κ3) is 4.37. The van der Waals surface area contributed by atoms with E-state index in [-0.39, 0.29) is 0 Å². The van der Waals surface area contributed by atoms with Gasteiger partial charge in [0.2, 0.25) is 0 Å². The van der Waals surface area contributed by atoms with Gasteiger partial charge in [-0.1, -0.05) is 97.4 Å². The molecule has 10 rings (SSSR count). The third-order valence-electron chi connectivity index (χ3n) is 9.75. The summed E-state index contributed by atoms with van der Waals surface area (Å²) >= 11 is 30.6. The fourth-order valence-corrected chi connectivity index (χ4v) is 14.2. The van der Waals surface area contributed by atoms with Crippen LogP contribution in [0.1, 0.15) is 70.8 Å². The van der Waals surface area contributed by atoms with Crippen LogP contribution in [0, 0.1) is 0 Å². The van der Waals surface area contributed by atoms with Crippen molar-refractivity contribution in [2.45, 2.75) is 38.9 Å². The molecule has 4 aliphatic rings. The standard InChI is InChI=1S/C40H24O2S8/c1-39(2)25-15-17(13-23-29(43)19-9-5-6-10-20(19)30(23)44)47-33(25)35-27(41-39)37-38(49-35)28-36(50-37)34-26(40(3,4)42-28)16-18(48-34)14-24-31(45)21-11-7-8-12-22(21)32(24)46/h5-16H,1-4H3. The van der Waals surface area contributed by atoms with Crippen LogP contribution in [0.4, 0.5) is 0 Å². The Bertz CT molecular complexity index is 2420. The van der Waals surface area contributed by atoms with Gasteiger partial charge in [-0.05, 0) is 52.0 Å². The van der Waals surface area contributed by atoms with Gasteiger partial charge in [0.25, 0.3) is 0 Å². The average molecular weight is 793 g/mol. The van der Waals surface area contributed by atoms with Crippen LogP contribution in [-0.4, -0.2) is 19.5 Å². The van der Waals surface area contributed by atoms with E-state index in [0.29, 0.717) is 0 Å². The second kappa shape index (κ2) is 10.7. The number of fused-ring (bicyclic) bond motifs is 11. The van der Waals surface area contributed by atoms with Crippen molar-refractivity contribution in [3.8, 4) is 31.0 Å². The first-order chi connectivity index (χ1) is 23.9. The van der Waals surface area contributed by atoms with E-state index in [9.17, 15) is 0 Å². The Morgan fingerprint density at radius 3 is 1.18 bits per heavy atom. The highest BCUT2D eigenvalue weighted by molar-refractivity contribution is 7.84. The van der Waals surface area contributed by atoms with Crippen LogP contribution in [0.3, 0.4) is 0 Å². The van der Waals surface area contributed by atoms with Gasteiger partial charge in [0.15, 0.2) is 11.5 Å². The molecule has 0 bridgehead atoms. The molecule has 2 nitrogen and oxygen atoms in total. The number of benzene rings is 2. The second-order valence-electron chi connectivity index (χ2n) is 13.7. The van der Waals surface area contributed by atoms with Crippen LogP contribution in [0.2, 0.25) is 0 Å². The van der Waals surface area contributed by atoms with E-state index in [4.69, 9.17) is 58.3 Å². The molecule has 0 unspecified atom stereocenters. The van der Waals surface area contributed by atoms with E-state index < -0.39 is 11.2 Å². The van der Waals surface area contributed by atoms with Crippen molar-refractivity contribution >= 4 is 135 Å². The highest BCUT2D eigenvalue weighted by Gasteiger charge is 2.42. The molecule has 0 N–H and O–H groups in total. The fraction of sp³-hybridized carbons (Fsp3) is 0.150. The summed E-state index contributed by atoms with van der Waals surface area (Å²) in [6, 6.07) is 20.8. The van der Waals surface area contributed by atoms with Crippen LogP contribution in [0.25, 0.3) is 41.1 Å². The largest absolute Gasteiger partial charge is 0.480 e. The van der Waals surface area contributed by atoms with Crippen LogP contribution >= 0.6 is 94.2 Å². The zero-order valence-corrected chi connectivity index (χ0v) is 33.5. The second-order valence-corrected chi connectivity index (χ2v) is 19.6. The summed E-state index contributed by atoms with van der Waals surface area (Å²) in [6.07, 6.45) is 4.34. The molecule has 0 fully saturated rings. The zero-order chi connectivity index (χ0) is 34.4. The van der Waals surface area contributed by atoms with Crippen LogP contribution in [0.15, 0.2) is 71.8 Å². The zero-order valence-electron chi connectivity index (χ0n) is 27.0. The van der Waals surface area contributed by atoms with E-state index in [0.717, 1.165) is 93.3 Å². The molecule has 50 heavy (non-hydrogen) atoms. The van der Waals surface area contributed by atoms with Crippen molar-refractivity contribution in [1.29, 1.82) is 0 Å². The SMILES string of the molecule is CC1(C)Oc2c(sc3c4c(sc23)-c2sc(C=C3C(=S)c5ccccc5C3=S)cc2C(C)(C)O4)-c2sc(C=C3C(=S)c4ccccc4C3=S)cc21. The monoisotopic (exact) mass is 792 g/mol. The van der Waals surface area contributed by atoms with Crippen molar-refractivity contribution < 1.29 is 9.47 Å². The molecular weight excluding hydrogens is 769 g/mol. The summed E-state index contributed by atoms with van der Waals surface area (Å²) in [7, 11) is 0. The molecule has 244 valence electrons. The molecule has 0 radical (unpaired) electrons. The van der Waals surface area contributed by atoms with Crippen LogP contribution in [-0.2, 0) is 11.2 Å². The van der Waals surface area contributed by atoms with Crippen molar-refractivity contribution in [3.63, 3.8) is 0 Å². The normalized spacial score (nSPS) is 17.5. The van der Waals surface area contributed by atoms with E-state index in [1.54, 1.807) is 45.3 Å². The molecule has 2 aliphatic heterocycles. The van der Waals surface area contributed by atoms with Gasteiger partial charge >= 0.3 is 0 Å². The van der Waals surface area contributed by atoms with Gasteiger partial charge < -0.3 is 9.47 Å². The van der Waals surface area contributed by atoms with Crippen molar-refractivity contribution in [2.24, 2.45) is 0 Å². The van der Waals surface area contributed by atoms with Gasteiger partial charge in [-0.15, -0.1) is 45.3 Å². The van der Waals surface area contributed by atoms with Crippen LogP contribution in [0.5, 0.6) is 11.5 Å². The fourth-order valence-electron chi connectivity index (χ4n) is 7.28. The first-order valence-corrected chi connectivity index (χ1v) is 20.9. The molecule has 6 aromatic rings. The van der Waals surface area contributed by atoms with Crippen molar-refractivity contribution in [3.05, 3.63) is 115 Å². The molecule has 4 aromatic heterocycles. The topological polar surface area (TPSA) is 18.5 Å². The molecule has 0 spiro atoms. The summed E-state index contributed by atoms with van der Waals surface area (Å²) < 4.78 is 16.1. The lowest BCUT2D eigenvalue weighted by molar-refractivity contribution is 0.108. The lowest BCUT2D eigenvalue weighted by Crippen LogP contribution is -2.27. The summed E-state index contributed by atoms with van der Waals surface area (Å²) in [4.78, 5) is 10.3. The highest BCUT2D eigenvalue weighted by atomic mass is 32.1. The van der Waals surface area contributed by atoms with E-state index in [1.165, 1.54) is 20.9 Å². The first kappa shape index (κ1) is 31.7. The Labute approximate surface area is 326 Å². The van der Waals surface area contributed by atoms with Crippen molar-refractivity contribution in [1.82, 2.24) is 0 Å². The van der Waals surface area contributed by atoms with Gasteiger partial charge in [0.05, 0.1) is 48.4 Å². The maximum Gasteiger partial charge on any atom is 0.158 e. The van der Waals surface area contributed by atoms with Crippen molar-refractivity contribution in [2.75, 3.05) is 0 Å². The molecular formula is C40H24O2S8. The third-order valence-corrected chi connectivity index (χ3v) is 16.5. The Morgan fingerprint density at radius 2 is 0.840 bits per heavy atom. The lowest BCUT2D eigenvalue weighted by atomic mass is 9.94. The lowest BCUT2D eigenvalue weighted by Gasteiger charge is -2.31. The molecule has 10 heteroatoms. The Hall–Kier alpha value is -3.06. The number of thiophene rings is 4. The van der Waals surface area contributed by atoms with Gasteiger partial charge in [-0.3, -0.25) is 0 Å². The predicted molar refractivity (Wildman–Crippen MR) is 229 cm³/mol. The average Bonchev–Trinajstić information content (AvgIpc) is 3.92. The van der Waals surface area contributed by atoms with Gasteiger partial charge in [0, 0.05) is 54.3 Å². The maximum atomic E-state index is 6.91. The number of ether oxygens (including phenoxy) is 2. The van der Waals surface area contributed by atoms with E-state index in [1.807, 2.05) is 24.3 Å². The highest BCUT2D eigenvalue weighted by Crippen LogP contribution is 2.64. The first-order valence-electron chi connectivity index (χ1n) is 16.0. The maximum absolute atomic E-state index is 6.91. The summed E-state index contributed by atoms with van der Waals surface area (Å²) in [5, 5.41) is 0. The summed E-state index contributed by atoms with van der Waals surface area (Å²) in [5.41, 5.74) is 7.42. The Balaban J connectivity index is 1.07. The molecule has 0 saturated heterocycles. The van der Waals surface area contributed by atoms with Gasteiger partial charge in [-0.25, -0.2) is 0 Å². The minimum absolute atomic E-state index is 0.517. The number of allylic oxidation sites excluding steroid dienone is 2. The number of hydrogen-bond donors (Lipinski definition) is 0. The molecule has 0 saturated carbocycles.